The summed E-state index contributed by atoms with van der Waals surface area (Å²) >= 11 is 0. The largest absolute Gasteiger partial charge is 0.468 e. The van der Waals surface area contributed by atoms with Crippen LogP contribution in [0.15, 0.2) is 30.3 Å². The molecule has 0 radical (unpaired) electrons. The Labute approximate surface area is 123 Å². The second kappa shape index (κ2) is 6.58. The summed E-state index contributed by atoms with van der Waals surface area (Å²) < 4.78 is 9.95. The Morgan fingerprint density at radius 1 is 1.24 bits per heavy atom. The number of likely N-dealkylation sites (tertiary alicyclic amines) is 1. The first-order valence-electron chi connectivity index (χ1n) is 6.88. The highest BCUT2D eigenvalue weighted by Gasteiger charge is 2.40. The number of esters is 1. The lowest BCUT2D eigenvalue weighted by atomic mass is 9.89. The van der Waals surface area contributed by atoms with Gasteiger partial charge in [-0.05, 0) is 18.4 Å². The summed E-state index contributed by atoms with van der Waals surface area (Å²) in [6.07, 6.45) is 0.367. The summed E-state index contributed by atoms with van der Waals surface area (Å²) in [6, 6.07) is 9.48. The molecule has 0 saturated carbocycles. The SMILES string of the molecule is COC(=O)C1(N)CCN(C(=O)OCc2ccccc2)CC1. The van der Waals surface area contributed by atoms with Crippen LogP contribution in [0.5, 0.6) is 0 Å². The molecular weight excluding hydrogens is 272 g/mol. The molecule has 1 heterocycles. The number of nitrogens with two attached hydrogens (primary N) is 1. The molecule has 1 aliphatic rings. The molecule has 0 aromatic heterocycles. The Morgan fingerprint density at radius 2 is 1.86 bits per heavy atom. The third-order valence-corrected chi connectivity index (χ3v) is 3.71. The number of rotatable bonds is 3. The minimum absolute atomic E-state index is 0.237. The van der Waals surface area contributed by atoms with Gasteiger partial charge in [0.15, 0.2) is 0 Å². The van der Waals surface area contributed by atoms with Gasteiger partial charge < -0.3 is 20.1 Å². The van der Waals surface area contributed by atoms with E-state index in [2.05, 4.69) is 0 Å². The fourth-order valence-electron chi connectivity index (χ4n) is 2.31. The van der Waals surface area contributed by atoms with Crippen molar-refractivity contribution in [3.8, 4) is 0 Å². The number of hydrogen-bond acceptors (Lipinski definition) is 5. The van der Waals surface area contributed by atoms with Gasteiger partial charge in [-0.3, -0.25) is 4.79 Å². The van der Waals surface area contributed by atoms with Gasteiger partial charge >= 0.3 is 12.1 Å². The number of benzene rings is 1. The molecule has 1 aromatic rings. The number of piperidine rings is 1. The second-order valence-electron chi connectivity index (χ2n) is 5.17. The molecule has 1 aromatic carbocycles. The van der Waals surface area contributed by atoms with Crippen molar-refractivity contribution in [1.29, 1.82) is 0 Å². The van der Waals surface area contributed by atoms with E-state index in [-0.39, 0.29) is 12.7 Å². The van der Waals surface area contributed by atoms with Crippen LogP contribution in [-0.2, 0) is 20.9 Å². The minimum Gasteiger partial charge on any atom is -0.468 e. The first kappa shape index (κ1) is 15.3. The average Bonchev–Trinajstić information content (AvgIpc) is 2.53. The predicted molar refractivity (Wildman–Crippen MR) is 76.4 cm³/mol. The maximum Gasteiger partial charge on any atom is 0.410 e. The van der Waals surface area contributed by atoms with Gasteiger partial charge in [0, 0.05) is 13.1 Å². The first-order chi connectivity index (χ1) is 10.0. The second-order valence-corrected chi connectivity index (χ2v) is 5.17. The first-order valence-corrected chi connectivity index (χ1v) is 6.88. The van der Waals surface area contributed by atoms with Crippen molar-refractivity contribution in [2.45, 2.75) is 25.0 Å². The summed E-state index contributed by atoms with van der Waals surface area (Å²) in [5.41, 5.74) is 5.93. The van der Waals surface area contributed by atoms with Gasteiger partial charge in [0.25, 0.3) is 0 Å². The van der Waals surface area contributed by atoms with Crippen molar-refractivity contribution in [3.63, 3.8) is 0 Å². The van der Waals surface area contributed by atoms with E-state index in [0.29, 0.717) is 25.9 Å². The molecule has 1 amide bonds. The molecule has 21 heavy (non-hydrogen) atoms. The standard InChI is InChI=1S/C15H20N2O4/c1-20-13(18)15(16)7-9-17(10-8-15)14(19)21-11-12-5-3-2-4-6-12/h2-6H,7-11,16H2,1H3. The average molecular weight is 292 g/mol. The monoisotopic (exact) mass is 292 g/mol. The van der Waals surface area contributed by atoms with Crippen molar-refractivity contribution >= 4 is 12.1 Å². The molecule has 1 saturated heterocycles. The van der Waals surface area contributed by atoms with Gasteiger partial charge in [-0.15, -0.1) is 0 Å². The molecule has 2 rings (SSSR count). The van der Waals surface area contributed by atoms with Crippen LogP contribution in [-0.4, -0.2) is 42.7 Å². The van der Waals surface area contributed by atoms with Gasteiger partial charge in [0.2, 0.25) is 0 Å². The molecule has 6 heteroatoms. The third kappa shape index (κ3) is 3.72. The number of carbonyl (C=O) groups is 2. The lowest BCUT2D eigenvalue weighted by Gasteiger charge is -2.36. The summed E-state index contributed by atoms with van der Waals surface area (Å²) in [5.74, 6) is -0.431. The van der Waals surface area contributed by atoms with E-state index in [1.165, 1.54) is 7.11 Å². The summed E-state index contributed by atoms with van der Waals surface area (Å²) in [5, 5.41) is 0. The maximum atomic E-state index is 12.0. The van der Waals surface area contributed by atoms with E-state index in [9.17, 15) is 9.59 Å². The third-order valence-electron chi connectivity index (χ3n) is 3.71. The van der Waals surface area contributed by atoms with E-state index >= 15 is 0 Å². The molecular formula is C15H20N2O4. The quantitative estimate of drug-likeness (QED) is 0.849. The number of hydrogen-bond donors (Lipinski definition) is 1. The number of ether oxygens (including phenoxy) is 2. The summed E-state index contributed by atoms with van der Waals surface area (Å²) in [6.45, 7) is 1.01. The Hall–Kier alpha value is -2.08. The van der Waals surface area contributed by atoms with Gasteiger partial charge in [-0.2, -0.15) is 0 Å². The lowest BCUT2D eigenvalue weighted by Crippen LogP contribution is -2.57. The molecule has 1 aliphatic heterocycles. The van der Waals surface area contributed by atoms with Gasteiger partial charge in [-0.1, -0.05) is 30.3 Å². The zero-order valence-electron chi connectivity index (χ0n) is 12.1. The Morgan fingerprint density at radius 3 is 2.43 bits per heavy atom. The van der Waals surface area contributed by atoms with Crippen LogP contribution < -0.4 is 5.73 Å². The fourth-order valence-corrected chi connectivity index (χ4v) is 2.31. The van der Waals surface area contributed by atoms with Crippen LogP contribution in [0, 0.1) is 0 Å². The highest BCUT2D eigenvalue weighted by Crippen LogP contribution is 2.21. The molecule has 114 valence electrons. The smallest absolute Gasteiger partial charge is 0.410 e. The van der Waals surface area contributed by atoms with E-state index in [4.69, 9.17) is 15.2 Å². The summed E-state index contributed by atoms with van der Waals surface area (Å²) in [7, 11) is 1.32. The fraction of sp³-hybridized carbons (Fsp3) is 0.467. The van der Waals surface area contributed by atoms with Crippen molar-refractivity contribution in [2.24, 2.45) is 5.73 Å². The van der Waals surface area contributed by atoms with E-state index in [1.54, 1.807) is 4.90 Å². The molecule has 0 atom stereocenters. The highest BCUT2D eigenvalue weighted by molar-refractivity contribution is 5.81. The van der Waals surface area contributed by atoms with Crippen LogP contribution in [0.4, 0.5) is 4.79 Å². The van der Waals surface area contributed by atoms with Crippen molar-refractivity contribution < 1.29 is 19.1 Å². The Bertz CT molecular complexity index is 496. The Kier molecular flexibility index (Phi) is 4.80. The van der Waals surface area contributed by atoms with Gasteiger partial charge in [-0.25, -0.2) is 4.79 Å². The minimum atomic E-state index is -0.995. The molecule has 1 fully saturated rings. The van der Waals surface area contributed by atoms with Crippen molar-refractivity contribution in [1.82, 2.24) is 4.90 Å². The van der Waals surface area contributed by atoms with Crippen molar-refractivity contribution in [3.05, 3.63) is 35.9 Å². The maximum absolute atomic E-state index is 12.0. The van der Waals surface area contributed by atoms with Crippen LogP contribution >= 0.6 is 0 Å². The zero-order valence-corrected chi connectivity index (χ0v) is 12.1. The molecule has 0 spiro atoms. The Balaban J connectivity index is 1.82. The van der Waals surface area contributed by atoms with Crippen molar-refractivity contribution in [2.75, 3.05) is 20.2 Å². The molecule has 6 nitrogen and oxygen atoms in total. The van der Waals surface area contributed by atoms with Crippen LogP contribution in [0.1, 0.15) is 18.4 Å². The highest BCUT2D eigenvalue weighted by atomic mass is 16.6. The normalized spacial score (nSPS) is 17.1. The number of nitrogens with zero attached hydrogens (tertiary/aromatic N) is 1. The topological polar surface area (TPSA) is 81.9 Å². The summed E-state index contributed by atoms with van der Waals surface area (Å²) in [4.78, 5) is 25.1. The van der Waals surface area contributed by atoms with E-state index in [0.717, 1.165) is 5.56 Å². The van der Waals surface area contributed by atoms with Crippen LogP contribution in [0.2, 0.25) is 0 Å². The number of carbonyl (C=O) groups excluding carboxylic acids is 2. The zero-order chi connectivity index (χ0) is 15.3. The van der Waals surface area contributed by atoms with Crippen LogP contribution in [0.25, 0.3) is 0 Å². The van der Waals surface area contributed by atoms with Crippen LogP contribution in [0.3, 0.4) is 0 Å². The molecule has 0 bridgehead atoms. The van der Waals surface area contributed by atoms with Gasteiger partial charge in [0.1, 0.15) is 12.1 Å². The molecule has 0 unspecified atom stereocenters. The predicted octanol–water partition coefficient (Wildman–Crippen LogP) is 1.29. The molecule has 2 N–H and O–H groups in total. The number of methoxy groups -OCH3 is 1. The lowest BCUT2D eigenvalue weighted by molar-refractivity contribution is -0.148. The van der Waals surface area contributed by atoms with E-state index < -0.39 is 11.5 Å². The number of amides is 1. The molecule has 0 aliphatic carbocycles. The van der Waals surface area contributed by atoms with Gasteiger partial charge in [0.05, 0.1) is 7.11 Å². The van der Waals surface area contributed by atoms with E-state index in [1.807, 2.05) is 30.3 Å².